The highest BCUT2D eigenvalue weighted by Gasteiger charge is 2.49. The number of likely N-dealkylation sites (N-methyl/N-ethyl adjacent to an activating group) is 1. The number of hydrogen-bond donors (Lipinski definition) is 0. The topological polar surface area (TPSA) is 60.0 Å². The van der Waals surface area contributed by atoms with Crippen molar-refractivity contribution >= 4 is 44.3 Å². The van der Waals surface area contributed by atoms with Gasteiger partial charge in [0.15, 0.2) is 11.6 Å². The van der Waals surface area contributed by atoms with Gasteiger partial charge in [0.05, 0.1) is 28.0 Å². The minimum absolute atomic E-state index is 0.0268. The molecule has 2 aromatic rings. The van der Waals surface area contributed by atoms with E-state index in [0.717, 1.165) is 25.8 Å². The molecule has 0 radical (unpaired) electrons. The number of nitrogens with zero attached hydrogens (tertiary/aromatic N) is 4. The summed E-state index contributed by atoms with van der Waals surface area (Å²) in [5.74, 6) is 0.238. The zero-order chi connectivity index (χ0) is 22.9. The van der Waals surface area contributed by atoms with Crippen molar-refractivity contribution in [2.24, 2.45) is 0 Å². The molecule has 1 aromatic carbocycles. The first-order valence-corrected chi connectivity index (χ1v) is 12.4. The van der Waals surface area contributed by atoms with Crippen LogP contribution in [0.3, 0.4) is 0 Å². The Bertz CT molecular complexity index is 1130. The highest BCUT2D eigenvalue weighted by Crippen LogP contribution is 2.48. The van der Waals surface area contributed by atoms with Gasteiger partial charge in [-0.3, -0.25) is 4.90 Å². The van der Waals surface area contributed by atoms with Crippen LogP contribution in [-0.4, -0.2) is 78.7 Å². The van der Waals surface area contributed by atoms with Gasteiger partial charge >= 0.3 is 6.01 Å². The summed E-state index contributed by atoms with van der Waals surface area (Å²) in [4.78, 5) is 13.2. The minimum Gasteiger partial charge on any atom is -0.483 e. The monoisotopic (exact) mass is 544 g/mol. The Hall–Kier alpha value is -1.49. The third-order valence-electron chi connectivity index (χ3n) is 7.49. The van der Waals surface area contributed by atoms with E-state index < -0.39 is 12.0 Å². The van der Waals surface area contributed by atoms with Crippen molar-refractivity contribution in [3.05, 3.63) is 15.3 Å². The van der Waals surface area contributed by atoms with E-state index in [0.29, 0.717) is 43.1 Å². The molecule has 11 heteroatoms. The van der Waals surface area contributed by atoms with Gasteiger partial charge in [-0.25, -0.2) is 8.78 Å². The van der Waals surface area contributed by atoms with Crippen LogP contribution >= 0.6 is 27.5 Å². The summed E-state index contributed by atoms with van der Waals surface area (Å²) >= 11 is 9.74. The summed E-state index contributed by atoms with van der Waals surface area (Å²) in [6.45, 7) is 2.55. The molecule has 3 saturated heterocycles. The summed E-state index contributed by atoms with van der Waals surface area (Å²) in [6.07, 6.45) is 1.90. The largest absolute Gasteiger partial charge is 0.483 e. The smallest absolute Gasteiger partial charge is 0.319 e. The lowest BCUT2D eigenvalue weighted by Crippen LogP contribution is -2.49. The van der Waals surface area contributed by atoms with Gasteiger partial charge in [0, 0.05) is 26.6 Å². The highest BCUT2D eigenvalue weighted by atomic mass is 79.9. The first-order valence-electron chi connectivity index (χ1n) is 11.3. The van der Waals surface area contributed by atoms with Crippen molar-refractivity contribution in [1.29, 1.82) is 0 Å². The van der Waals surface area contributed by atoms with E-state index in [9.17, 15) is 4.39 Å². The molecule has 1 aromatic heterocycles. The van der Waals surface area contributed by atoms with Crippen LogP contribution in [0.1, 0.15) is 25.7 Å². The maximum atomic E-state index is 15.4. The number of ether oxygens (including phenoxy) is 3. The summed E-state index contributed by atoms with van der Waals surface area (Å²) in [5, 5.41) is 0.550. The molecule has 7 nitrogen and oxygen atoms in total. The lowest BCUT2D eigenvalue weighted by atomic mass is 9.95. The molecule has 0 bridgehead atoms. The van der Waals surface area contributed by atoms with Crippen LogP contribution in [0.5, 0.6) is 11.8 Å². The van der Waals surface area contributed by atoms with Crippen molar-refractivity contribution in [3.63, 3.8) is 0 Å². The predicted molar refractivity (Wildman–Crippen MR) is 123 cm³/mol. The standard InChI is InChI=1S/C22H24BrClF2N4O3/c1-29-12-3-6-31-9-13(12)33-19-14-18(17(26)15(23)16(19)24)27-21(28-20(14)29)32-10-22-4-2-5-30(22)8-11(25)7-22/h11-13H,2-10H2,1H3/t11-,12+,13+,22+/m1/s1. The molecule has 178 valence electrons. The predicted octanol–water partition coefficient (Wildman–Crippen LogP) is 4.13. The molecule has 0 amide bonds. The van der Waals surface area contributed by atoms with E-state index in [-0.39, 0.29) is 45.3 Å². The quantitative estimate of drug-likeness (QED) is 0.538. The van der Waals surface area contributed by atoms with Crippen LogP contribution in [0.2, 0.25) is 5.02 Å². The Morgan fingerprint density at radius 2 is 2.21 bits per heavy atom. The Kier molecular flexibility index (Phi) is 5.36. The maximum Gasteiger partial charge on any atom is 0.319 e. The van der Waals surface area contributed by atoms with Crippen LogP contribution in [0.15, 0.2) is 4.47 Å². The minimum atomic E-state index is -0.858. The molecule has 0 saturated carbocycles. The fourth-order valence-electron chi connectivity index (χ4n) is 5.85. The molecule has 33 heavy (non-hydrogen) atoms. The van der Waals surface area contributed by atoms with E-state index in [1.807, 2.05) is 11.9 Å². The van der Waals surface area contributed by atoms with E-state index in [1.165, 1.54) is 0 Å². The Morgan fingerprint density at radius 1 is 1.36 bits per heavy atom. The van der Waals surface area contributed by atoms with E-state index in [4.69, 9.17) is 25.8 Å². The van der Waals surface area contributed by atoms with E-state index in [1.54, 1.807) is 0 Å². The molecule has 0 spiro atoms. The van der Waals surface area contributed by atoms with Crippen LogP contribution < -0.4 is 14.4 Å². The molecule has 4 aliphatic rings. The van der Waals surface area contributed by atoms with Crippen LogP contribution in [0.4, 0.5) is 14.6 Å². The fraction of sp³-hybridized carbons (Fsp3) is 0.636. The second kappa shape index (κ2) is 8.03. The van der Waals surface area contributed by atoms with Gasteiger partial charge in [-0.1, -0.05) is 11.6 Å². The van der Waals surface area contributed by atoms with Gasteiger partial charge in [0.25, 0.3) is 0 Å². The fourth-order valence-corrected chi connectivity index (χ4v) is 6.44. The van der Waals surface area contributed by atoms with Gasteiger partial charge < -0.3 is 19.1 Å². The average molecular weight is 546 g/mol. The van der Waals surface area contributed by atoms with Crippen molar-refractivity contribution < 1.29 is 23.0 Å². The summed E-state index contributed by atoms with van der Waals surface area (Å²) in [6, 6.07) is 0.0403. The summed E-state index contributed by atoms with van der Waals surface area (Å²) in [5.41, 5.74) is -0.278. The Morgan fingerprint density at radius 3 is 3.06 bits per heavy atom. The van der Waals surface area contributed by atoms with Crippen LogP contribution in [-0.2, 0) is 4.74 Å². The first-order chi connectivity index (χ1) is 15.9. The molecular formula is C22H24BrClF2N4O3. The number of halogens is 4. The van der Waals surface area contributed by atoms with Crippen LogP contribution in [0.25, 0.3) is 10.9 Å². The molecule has 5 heterocycles. The van der Waals surface area contributed by atoms with Gasteiger partial charge in [0.1, 0.15) is 35.2 Å². The molecule has 4 aliphatic heterocycles. The number of hydrogen-bond acceptors (Lipinski definition) is 7. The third kappa shape index (κ3) is 3.39. The highest BCUT2D eigenvalue weighted by molar-refractivity contribution is 9.10. The second-order valence-corrected chi connectivity index (χ2v) is 10.6. The van der Waals surface area contributed by atoms with E-state index >= 15 is 4.39 Å². The molecule has 4 atom stereocenters. The zero-order valence-corrected chi connectivity index (χ0v) is 20.5. The maximum absolute atomic E-state index is 15.4. The van der Waals surface area contributed by atoms with Gasteiger partial charge in [-0.05, 0) is 41.7 Å². The summed E-state index contributed by atoms with van der Waals surface area (Å²) in [7, 11) is 1.91. The van der Waals surface area contributed by atoms with Crippen molar-refractivity contribution in [3.8, 4) is 11.8 Å². The van der Waals surface area contributed by atoms with Crippen molar-refractivity contribution in [1.82, 2.24) is 14.9 Å². The molecule has 0 aliphatic carbocycles. The normalized spacial score (nSPS) is 31.3. The number of alkyl halides is 1. The second-order valence-electron chi connectivity index (χ2n) is 9.39. The number of benzene rings is 1. The molecule has 0 N–H and O–H groups in total. The third-order valence-corrected chi connectivity index (χ3v) is 8.82. The zero-order valence-electron chi connectivity index (χ0n) is 18.1. The number of fused-ring (bicyclic) bond motifs is 2. The molecule has 6 rings (SSSR count). The lowest BCUT2D eigenvalue weighted by Gasteiger charge is -2.36. The number of aromatic nitrogens is 2. The number of anilines is 1. The van der Waals surface area contributed by atoms with E-state index in [2.05, 4.69) is 30.8 Å². The van der Waals surface area contributed by atoms with Gasteiger partial charge in [0.2, 0.25) is 0 Å². The molecule has 3 fully saturated rings. The molecular weight excluding hydrogens is 522 g/mol. The summed E-state index contributed by atoms with van der Waals surface area (Å²) < 4.78 is 47.5. The first kappa shape index (κ1) is 22.0. The Labute approximate surface area is 203 Å². The average Bonchev–Trinajstić information content (AvgIpc) is 3.30. The number of rotatable bonds is 3. The van der Waals surface area contributed by atoms with Gasteiger partial charge in [-0.15, -0.1) is 0 Å². The van der Waals surface area contributed by atoms with Gasteiger partial charge in [-0.2, -0.15) is 9.97 Å². The SMILES string of the molecule is CN1c2nc(OC[C@@]34CCCN3C[C@H](F)C4)nc3c(F)c(Br)c(Cl)c(c23)O[C@H]2COCC[C@@H]21. The van der Waals surface area contributed by atoms with Crippen molar-refractivity contribution in [2.75, 3.05) is 44.9 Å². The lowest BCUT2D eigenvalue weighted by molar-refractivity contribution is -0.00455. The van der Waals surface area contributed by atoms with Crippen molar-refractivity contribution in [2.45, 2.75) is 49.5 Å². The Balaban J connectivity index is 1.44. The van der Waals surface area contributed by atoms with Crippen LogP contribution in [0, 0.1) is 5.82 Å². The molecule has 0 unspecified atom stereocenters.